The van der Waals surface area contributed by atoms with Gasteiger partial charge in [0.05, 0.1) is 6.34 Å². The second-order valence-corrected chi connectivity index (χ2v) is 4.46. The van der Waals surface area contributed by atoms with Gasteiger partial charge in [0.25, 0.3) is 0 Å². The summed E-state index contributed by atoms with van der Waals surface area (Å²) in [5.74, 6) is -1.06. The van der Waals surface area contributed by atoms with Crippen molar-refractivity contribution < 1.29 is 9.90 Å². The summed E-state index contributed by atoms with van der Waals surface area (Å²) in [5.41, 5.74) is 2.22. The number of pyridine rings is 1. The molecule has 20 heavy (non-hydrogen) atoms. The van der Waals surface area contributed by atoms with Gasteiger partial charge in [-0.05, 0) is 24.5 Å². The van der Waals surface area contributed by atoms with Crippen molar-refractivity contribution in [3.05, 3.63) is 23.4 Å². The van der Waals surface area contributed by atoms with Crippen LogP contribution in [0.2, 0.25) is 0 Å². The second kappa shape index (κ2) is 6.65. The second-order valence-electron chi connectivity index (χ2n) is 4.46. The number of amidine groups is 1. The molecule has 0 unspecified atom stereocenters. The van der Waals surface area contributed by atoms with E-state index in [1.807, 2.05) is 6.07 Å². The van der Waals surface area contributed by atoms with Crippen LogP contribution in [0.5, 0.6) is 0 Å². The van der Waals surface area contributed by atoms with E-state index in [4.69, 9.17) is 10.5 Å². The largest absolute Gasteiger partial charge is 0.475 e. The van der Waals surface area contributed by atoms with Crippen molar-refractivity contribution in [2.24, 2.45) is 4.99 Å². The average Bonchev–Trinajstić information content (AvgIpc) is 2.46. The topological polar surface area (TPSA) is 110 Å². The Kier molecular flexibility index (Phi) is 4.65. The number of nitrogens with zero attached hydrogens (tertiary/aromatic N) is 2. The third kappa shape index (κ3) is 3.78. The van der Waals surface area contributed by atoms with Crippen molar-refractivity contribution in [3.63, 3.8) is 0 Å². The predicted molar refractivity (Wildman–Crippen MR) is 76.6 cm³/mol. The molecule has 0 fully saturated rings. The molecule has 1 aliphatic heterocycles. The lowest BCUT2D eigenvalue weighted by molar-refractivity contribution is -0.129. The van der Waals surface area contributed by atoms with Crippen LogP contribution in [0.3, 0.4) is 0 Å². The van der Waals surface area contributed by atoms with E-state index in [1.165, 1.54) is 11.9 Å². The monoisotopic (exact) mass is 275 g/mol. The van der Waals surface area contributed by atoms with Gasteiger partial charge in [0, 0.05) is 25.2 Å². The first-order chi connectivity index (χ1) is 9.66. The molecule has 0 aliphatic carbocycles. The number of aliphatic imine (C=N–C) groups is 1. The van der Waals surface area contributed by atoms with E-state index in [-0.39, 0.29) is 0 Å². The first-order valence-corrected chi connectivity index (χ1v) is 6.47. The Morgan fingerprint density at radius 2 is 2.45 bits per heavy atom. The standard InChI is InChI=1S/C13H17N5O2/c14-11(13(19)20)17-8-15-7-5-10-4-3-9-2-1-6-16-12(9)18-10/h3-4,8H,1-2,5-7H2,(H,16,18)(H,19,20)(H2,14,15,17). The summed E-state index contributed by atoms with van der Waals surface area (Å²) in [6, 6.07) is 4.10. The minimum absolute atomic E-state index is 0.586. The maximum absolute atomic E-state index is 10.3. The van der Waals surface area contributed by atoms with E-state index in [9.17, 15) is 4.79 Å². The van der Waals surface area contributed by atoms with Crippen molar-refractivity contribution in [1.82, 2.24) is 10.3 Å². The van der Waals surface area contributed by atoms with E-state index in [0.29, 0.717) is 13.0 Å². The van der Waals surface area contributed by atoms with Crippen molar-refractivity contribution in [3.8, 4) is 0 Å². The van der Waals surface area contributed by atoms with Gasteiger partial charge in [-0.25, -0.2) is 14.8 Å². The first-order valence-electron chi connectivity index (χ1n) is 6.47. The Hall–Kier alpha value is -2.44. The number of hydrogen-bond donors (Lipinski definition) is 4. The lowest BCUT2D eigenvalue weighted by Crippen LogP contribution is -2.19. The Morgan fingerprint density at radius 3 is 3.25 bits per heavy atom. The van der Waals surface area contributed by atoms with E-state index < -0.39 is 11.8 Å². The molecule has 2 rings (SSSR count). The Balaban J connectivity index is 1.80. The van der Waals surface area contributed by atoms with Crippen molar-refractivity contribution in [1.29, 1.82) is 5.41 Å². The zero-order valence-electron chi connectivity index (χ0n) is 11.0. The molecule has 0 saturated carbocycles. The van der Waals surface area contributed by atoms with Crippen LogP contribution in [-0.2, 0) is 17.6 Å². The van der Waals surface area contributed by atoms with Crippen molar-refractivity contribution in [2.45, 2.75) is 19.3 Å². The molecule has 0 saturated heterocycles. The van der Waals surface area contributed by atoms with Gasteiger partial charge in [-0.15, -0.1) is 0 Å². The molecule has 0 radical (unpaired) electrons. The number of nitrogens with one attached hydrogen (secondary N) is 3. The summed E-state index contributed by atoms with van der Waals surface area (Å²) < 4.78 is 0. The summed E-state index contributed by atoms with van der Waals surface area (Å²) in [7, 11) is 0. The molecule has 0 aromatic carbocycles. The zero-order valence-corrected chi connectivity index (χ0v) is 11.0. The summed E-state index contributed by atoms with van der Waals surface area (Å²) in [5, 5.41) is 21.6. The minimum Gasteiger partial charge on any atom is -0.475 e. The number of anilines is 1. The number of carboxylic acids is 1. The van der Waals surface area contributed by atoms with Gasteiger partial charge in [0.15, 0.2) is 0 Å². The van der Waals surface area contributed by atoms with Gasteiger partial charge in [-0.1, -0.05) is 6.07 Å². The smallest absolute Gasteiger partial charge is 0.373 e. The number of hydrogen-bond acceptors (Lipinski definition) is 4. The number of aliphatic carboxylic acids is 1. The van der Waals surface area contributed by atoms with Crippen LogP contribution in [-0.4, -0.2) is 41.3 Å². The van der Waals surface area contributed by atoms with Crippen LogP contribution in [0, 0.1) is 5.41 Å². The number of fused-ring (bicyclic) bond motifs is 1. The fourth-order valence-electron chi connectivity index (χ4n) is 1.94. The molecule has 0 amide bonds. The van der Waals surface area contributed by atoms with Crippen LogP contribution in [0.15, 0.2) is 17.1 Å². The number of aryl methyl sites for hydroxylation is 1. The Labute approximate surface area is 116 Å². The van der Waals surface area contributed by atoms with Crippen molar-refractivity contribution >= 4 is 24.0 Å². The lowest BCUT2D eigenvalue weighted by Gasteiger charge is -2.17. The summed E-state index contributed by atoms with van der Waals surface area (Å²) >= 11 is 0. The third-order valence-electron chi connectivity index (χ3n) is 2.96. The van der Waals surface area contributed by atoms with Gasteiger partial charge in [0.1, 0.15) is 5.82 Å². The van der Waals surface area contributed by atoms with Crippen LogP contribution in [0.25, 0.3) is 0 Å². The predicted octanol–water partition coefficient (Wildman–Crippen LogP) is 0.662. The molecule has 7 heteroatoms. The normalized spacial score (nSPS) is 13.6. The first kappa shape index (κ1) is 14.0. The molecule has 1 aromatic rings. The van der Waals surface area contributed by atoms with Crippen LogP contribution in [0.4, 0.5) is 5.82 Å². The molecule has 106 valence electrons. The maximum atomic E-state index is 10.3. The summed E-state index contributed by atoms with van der Waals surface area (Å²) in [6.07, 6.45) is 4.15. The van der Waals surface area contributed by atoms with E-state index in [2.05, 4.69) is 26.7 Å². The fourth-order valence-corrected chi connectivity index (χ4v) is 1.94. The molecular formula is C13H17N5O2. The SMILES string of the molecule is N=C(/N=C\NCCc1ccc2c(n1)NCCC2)C(=O)O. The molecule has 0 spiro atoms. The van der Waals surface area contributed by atoms with Gasteiger partial charge in [0.2, 0.25) is 5.84 Å². The number of rotatable bonds is 4. The van der Waals surface area contributed by atoms with E-state index >= 15 is 0 Å². The Morgan fingerprint density at radius 1 is 1.60 bits per heavy atom. The van der Waals surface area contributed by atoms with E-state index in [0.717, 1.165) is 30.9 Å². The zero-order chi connectivity index (χ0) is 14.4. The highest BCUT2D eigenvalue weighted by molar-refractivity contribution is 6.34. The Bertz CT molecular complexity index is 542. The van der Waals surface area contributed by atoms with Gasteiger partial charge in [-0.3, -0.25) is 5.41 Å². The average molecular weight is 275 g/mol. The summed E-state index contributed by atoms with van der Waals surface area (Å²) in [6.45, 7) is 1.55. The molecule has 0 atom stereocenters. The molecule has 4 N–H and O–H groups in total. The van der Waals surface area contributed by atoms with Gasteiger partial charge in [-0.2, -0.15) is 0 Å². The highest BCUT2D eigenvalue weighted by atomic mass is 16.4. The molecule has 0 bridgehead atoms. The maximum Gasteiger partial charge on any atom is 0.373 e. The quantitative estimate of drug-likeness (QED) is 0.366. The fraction of sp³-hybridized carbons (Fsp3) is 0.385. The molecule has 1 aromatic heterocycles. The third-order valence-corrected chi connectivity index (χ3v) is 2.96. The summed E-state index contributed by atoms with van der Waals surface area (Å²) in [4.78, 5) is 18.3. The highest BCUT2D eigenvalue weighted by Gasteiger charge is 2.09. The minimum atomic E-state index is -1.34. The van der Waals surface area contributed by atoms with E-state index in [1.54, 1.807) is 0 Å². The van der Waals surface area contributed by atoms with Crippen LogP contribution in [0.1, 0.15) is 17.7 Å². The lowest BCUT2D eigenvalue weighted by atomic mass is 10.1. The molecular weight excluding hydrogens is 258 g/mol. The van der Waals surface area contributed by atoms with Gasteiger partial charge >= 0.3 is 5.97 Å². The van der Waals surface area contributed by atoms with Gasteiger partial charge < -0.3 is 15.7 Å². The van der Waals surface area contributed by atoms with Crippen LogP contribution >= 0.6 is 0 Å². The van der Waals surface area contributed by atoms with Crippen molar-refractivity contribution in [2.75, 3.05) is 18.4 Å². The highest BCUT2D eigenvalue weighted by Crippen LogP contribution is 2.19. The number of carboxylic acid groups (broad SMARTS) is 1. The molecule has 2 heterocycles. The number of carbonyl (C=O) groups is 1. The molecule has 7 nitrogen and oxygen atoms in total. The number of aromatic nitrogens is 1. The van der Waals surface area contributed by atoms with Crippen LogP contribution < -0.4 is 10.6 Å². The molecule has 1 aliphatic rings.